The zero-order chi connectivity index (χ0) is 14.1. The first-order valence-electron chi connectivity index (χ1n) is 6.80. The molecule has 1 aromatic heterocycles. The van der Waals surface area contributed by atoms with Crippen LogP contribution in [0.15, 0.2) is 18.2 Å². The molecule has 1 atom stereocenters. The van der Waals surface area contributed by atoms with Crippen LogP contribution < -0.4 is 11.1 Å². The van der Waals surface area contributed by atoms with E-state index in [1.54, 1.807) is 16.2 Å². The van der Waals surface area contributed by atoms with Gasteiger partial charge in [0.05, 0.1) is 10.2 Å². The molecule has 2 heterocycles. The smallest absolute Gasteiger partial charge is 0.314 e. The van der Waals surface area contributed by atoms with Gasteiger partial charge in [-0.3, -0.25) is 0 Å². The highest BCUT2D eigenvalue weighted by molar-refractivity contribution is 7.22. The van der Waals surface area contributed by atoms with Gasteiger partial charge in [-0.2, -0.15) is 0 Å². The van der Waals surface area contributed by atoms with Gasteiger partial charge >= 0.3 is 6.03 Å². The van der Waals surface area contributed by atoms with Crippen LogP contribution in [-0.4, -0.2) is 35.0 Å². The topological polar surface area (TPSA) is 71.2 Å². The molecule has 1 saturated heterocycles. The van der Waals surface area contributed by atoms with Gasteiger partial charge in [0.15, 0.2) is 5.13 Å². The van der Waals surface area contributed by atoms with Gasteiger partial charge in [-0.05, 0) is 37.5 Å². The van der Waals surface area contributed by atoms with Crippen molar-refractivity contribution in [2.75, 3.05) is 18.4 Å². The Morgan fingerprint density at radius 1 is 1.55 bits per heavy atom. The molecule has 1 fully saturated rings. The van der Waals surface area contributed by atoms with Crippen molar-refractivity contribution in [3.05, 3.63) is 23.8 Å². The van der Waals surface area contributed by atoms with Crippen molar-refractivity contribution >= 4 is 32.7 Å². The standard InChI is InChI=1S/C14H18N4OS/c1-9-4-5-12-11(7-9)17-14(20-12)16-10-3-2-6-18(8-10)13(15)19/h4-5,7,10H,2-3,6,8H2,1H3,(H2,15,19)(H,16,17). The van der Waals surface area contributed by atoms with Crippen molar-refractivity contribution in [1.29, 1.82) is 0 Å². The van der Waals surface area contributed by atoms with Crippen molar-refractivity contribution < 1.29 is 4.79 Å². The predicted octanol–water partition coefficient (Wildman–Crippen LogP) is 2.56. The van der Waals surface area contributed by atoms with Gasteiger partial charge in [0.2, 0.25) is 0 Å². The van der Waals surface area contributed by atoms with E-state index >= 15 is 0 Å². The number of nitrogens with two attached hydrogens (primary N) is 1. The van der Waals surface area contributed by atoms with Gasteiger partial charge in [-0.15, -0.1) is 0 Å². The number of thiazole rings is 1. The highest BCUT2D eigenvalue weighted by Crippen LogP contribution is 2.28. The fourth-order valence-corrected chi connectivity index (χ4v) is 3.49. The molecule has 6 heteroatoms. The SMILES string of the molecule is Cc1ccc2sc(NC3CCCN(C(N)=O)C3)nc2c1. The molecule has 1 aliphatic rings. The Morgan fingerprint density at radius 2 is 2.40 bits per heavy atom. The number of rotatable bonds is 2. The molecule has 5 nitrogen and oxygen atoms in total. The summed E-state index contributed by atoms with van der Waals surface area (Å²) in [5.74, 6) is 0. The lowest BCUT2D eigenvalue weighted by molar-refractivity contribution is 0.192. The number of hydrogen-bond acceptors (Lipinski definition) is 4. The summed E-state index contributed by atoms with van der Waals surface area (Å²) in [6.07, 6.45) is 2.02. The monoisotopic (exact) mass is 290 g/mol. The lowest BCUT2D eigenvalue weighted by Gasteiger charge is -2.31. The van der Waals surface area contributed by atoms with Crippen molar-refractivity contribution in [2.24, 2.45) is 5.73 Å². The molecule has 0 radical (unpaired) electrons. The van der Waals surface area contributed by atoms with E-state index in [9.17, 15) is 4.79 Å². The number of primary amides is 1. The summed E-state index contributed by atoms with van der Waals surface area (Å²) in [6.45, 7) is 3.48. The number of anilines is 1. The number of aromatic nitrogens is 1. The molecule has 3 N–H and O–H groups in total. The maximum atomic E-state index is 11.2. The minimum absolute atomic E-state index is 0.234. The molecule has 0 bridgehead atoms. The summed E-state index contributed by atoms with van der Waals surface area (Å²) in [4.78, 5) is 17.5. The van der Waals surface area contributed by atoms with Crippen LogP contribution in [0.1, 0.15) is 18.4 Å². The van der Waals surface area contributed by atoms with E-state index in [0.29, 0.717) is 6.54 Å². The third-order valence-corrected chi connectivity index (χ3v) is 4.57. The van der Waals surface area contributed by atoms with Gasteiger partial charge in [0.25, 0.3) is 0 Å². The van der Waals surface area contributed by atoms with Crippen molar-refractivity contribution in [3.63, 3.8) is 0 Å². The molecular formula is C14H18N4OS. The van der Waals surface area contributed by atoms with Gasteiger partial charge in [0.1, 0.15) is 0 Å². The number of urea groups is 1. The normalized spacial score (nSPS) is 19.2. The number of likely N-dealkylation sites (tertiary alicyclic amines) is 1. The Balaban J connectivity index is 1.74. The summed E-state index contributed by atoms with van der Waals surface area (Å²) < 4.78 is 1.18. The minimum atomic E-state index is -0.337. The molecule has 20 heavy (non-hydrogen) atoms. The summed E-state index contributed by atoms with van der Waals surface area (Å²) >= 11 is 1.65. The third-order valence-electron chi connectivity index (χ3n) is 3.60. The zero-order valence-electron chi connectivity index (χ0n) is 11.4. The van der Waals surface area contributed by atoms with Gasteiger partial charge in [-0.25, -0.2) is 9.78 Å². The number of benzene rings is 1. The largest absolute Gasteiger partial charge is 0.357 e. The molecule has 3 rings (SSSR count). The average molecular weight is 290 g/mol. The summed E-state index contributed by atoms with van der Waals surface area (Å²) in [7, 11) is 0. The number of nitrogens with zero attached hydrogens (tertiary/aromatic N) is 2. The van der Waals surface area contributed by atoms with E-state index in [4.69, 9.17) is 5.73 Å². The van der Waals surface area contributed by atoms with Crippen LogP contribution in [-0.2, 0) is 0 Å². The van der Waals surface area contributed by atoms with Crippen LogP contribution in [0.5, 0.6) is 0 Å². The molecule has 106 valence electrons. The van der Waals surface area contributed by atoms with Crippen LogP contribution in [0.3, 0.4) is 0 Å². The first-order valence-corrected chi connectivity index (χ1v) is 7.61. The van der Waals surface area contributed by atoms with Crippen LogP contribution >= 0.6 is 11.3 Å². The quantitative estimate of drug-likeness (QED) is 0.893. The third kappa shape index (κ3) is 2.70. The Kier molecular flexibility index (Phi) is 3.48. The molecule has 1 unspecified atom stereocenters. The maximum absolute atomic E-state index is 11.2. The van der Waals surface area contributed by atoms with Crippen LogP contribution in [0.25, 0.3) is 10.2 Å². The Labute approximate surface area is 121 Å². The average Bonchev–Trinajstić information content (AvgIpc) is 2.80. The van der Waals surface area contributed by atoms with Crippen LogP contribution in [0.2, 0.25) is 0 Å². The van der Waals surface area contributed by atoms with Crippen molar-refractivity contribution in [2.45, 2.75) is 25.8 Å². The molecule has 1 aliphatic heterocycles. The number of amides is 2. The van der Waals surface area contributed by atoms with E-state index in [2.05, 4.69) is 35.4 Å². The second kappa shape index (κ2) is 5.28. The zero-order valence-corrected chi connectivity index (χ0v) is 12.2. The highest BCUT2D eigenvalue weighted by Gasteiger charge is 2.22. The summed E-state index contributed by atoms with van der Waals surface area (Å²) in [6, 6.07) is 6.19. The molecule has 0 spiro atoms. The van der Waals surface area contributed by atoms with E-state index in [-0.39, 0.29) is 12.1 Å². The first-order chi connectivity index (χ1) is 9.61. The van der Waals surface area contributed by atoms with Crippen molar-refractivity contribution in [3.8, 4) is 0 Å². The number of carbonyl (C=O) groups excluding carboxylic acids is 1. The van der Waals surface area contributed by atoms with Gasteiger partial charge in [-0.1, -0.05) is 17.4 Å². The van der Waals surface area contributed by atoms with Gasteiger partial charge < -0.3 is 16.0 Å². The number of aryl methyl sites for hydroxylation is 1. The Hall–Kier alpha value is -1.82. The Bertz CT molecular complexity index is 639. The van der Waals surface area contributed by atoms with Gasteiger partial charge in [0, 0.05) is 19.1 Å². The Morgan fingerprint density at radius 3 is 3.20 bits per heavy atom. The number of fused-ring (bicyclic) bond motifs is 1. The molecule has 0 aliphatic carbocycles. The molecule has 2 amide bonds. The number of hydrogen-bond donors (Lipinski definition) is 2. The fourth-order valence-electron chi connectivity index (χ4n) is 2.57. The molecular weight excluding hydrogens is 272 g/mol. The second-order valence-electron chi connectivity index (χ2n) is 5.26. The maximum Gasteiger partial charge on any atom is 0.314 e. The summed E-state index contributed by atoms with van der Waals surface area (Å²) in [5, 5.41) is 4.35. The molecule has 1 aromatic carbocycles. The first kappa shape index (κ1) is 13.2. The number of nitrogens with one attached hydrogen (secondary N) is 1. The molecule has 0 saturated carbocycles. The predicted molar refractivity (Wildman–Crippen MR) is 82.2 cm³/mol. The highest BCUT2D eigenvalue weighted by atomic mass is 32.1. The lowest BCUT2D eigenvalue weighted by atomic mass is 10.1. The number of piperidine rings is 1. The van der Waals surface area contributed by atoms with E-state index in [1.165, 1.54) is 10.3 Å². The van der Waals surface area contributed by atoms with Crippen LogP contribution in [0.4, 0.5) is 9.93 Å². The number of carbonyl (C=O) groups is 1. The van der Waals surface area contributed by atoms with Crippen molar-refractivity contribution in [1.82, 2.24) is 9.88 Å². The second-order valence-corrected chi connectivity index (χ2v) is 6.29. The van der Waals surface area contributed by atoms with Crippen LogP contribution in [0, 0.1) is 6.92 Å². The molecule has 2 aromatic rings. The summed E-state index contributed by atoms with van der Waals surface area (Å²) in [5.41, 5.74) is 7.59. The van der Waals surface area contributed by atoms with E-state index in [0.717, 1.165) is 30.0 Å². The fraction of sp³-hybridized carbons (Fsp3) is 0.429. The lowest BCUT2D eigenvalue weighted by Crippen LogP contribution is -2.47. The van der Waals surface area contributed by atoms with E-state index < -0.39 is 0 Å². The minimum Gasteiger partial charge on any atom is -0.357 e. The van der Waals surface area contributed by atoms with E-state index in [1.807, 2.05) is 0 Å².